The van der Waals surface area contributed by atoms with Gasteiger partial charge in [0.2, 0.25) is 5.91 Å². The van der Waals surface area contributed by atoms with Crippen LogP contribution in [0.3, 0.4) is 0 Å². The SMILES string of the molecule is CN(C)C(=O)CCOc1cc(F)ccc1C(=O)O. The van der Waals surface area contributed by atoms with Gasteiger partial charge in [0.25, 0.3) is 0 Å². The zero-order chi connectivity index (χ0) is 13.7. The maximum Gasteiger partial charge on any atom is 0.339 e. The van der Waals surface area contributed by atoms with Gasteiger partial charge in [0, 0.05) is 20.2 Å². The molecule has 0 aromatic heterocycles. The lowest BCUT2D eigenvalue weighted by atomic mass is 10.2. The first-order chi connectivity index (χ1) is 8.41. The van der Waals surface area contributed by atoms with Crippen molar-refractivity contribution in [2.24, 2.45) is 0 Å². The number of amides is 1. The van der Waals surface area contributed by atoms with Crippen LogP contribution >= 0.6 is 0 Å². The third-order valence-electron chi connectivity index (χ3n) is 2.25. The normalized spacial score (nSPS) is 9.94. The topological polar surface area (TPSA) is 66.8 Å². The zero-order valence-corrected chi connectivity index (χ0v) is 10.1. The highest BCUT2D eigenvalue weighted by atomic mass is 19.1. The quantitative estimate of drug-likeness (QED) is 0.863. The number of carboxylic acid groups (broad SMARTS) is 1. The maximum atomic E-state index is 13.0. The Morgan fingerprint density at radius 1 is 1.39 bits per heavy atom. The summed E-state index contributed by atoms with van der Waals surface area (Å²) in [7, 11) is 3.21. The summed E-state index contributed by atoms with van der Waals surface area (Å²) in [6.45, 7) is 0.000741. The molecule has 0 fully saturated rings. The number of carbonyl (C=O) groups is 2. The summed E-state index contributed by atoms with van der Waals surface area (Å²) < 4.78 is 18.1. The number of hydrogen-bond donors (Lipinski definition) is 1. The van der Waals surface area contributed by atoms with Crippen LogP contribution in [0.1, 0.15) is 16.8 Å². The number of halogens is 1. The second-order valence-electron chi connectivity index (χ2n) is 3.83. The Balaban J connectivity index is 2.69. The highest BCUT2D eigenvalue weighted by Crippen LogP contribution is 2.20. The lowest BCUT2D eigenvalue weighted by molar-refractivity contribution is -0.129. The van der Waals surface area contributed by atoms with Gasteiger partial charge in [-0.15, -0.1) is 0 Å². The molecule has 1 aromatic rings. The van der Waals surface area contributed by atoms with E-state index in [4.69, 9.17) is 9.84 Å². The first kappa shape index (κ1) is 14.0. The van der Waals surface area contributed by atoms with Crippen LogP contribution in [0.2, 0.25) is 0 Å². The van der Waals surface area contributed by atoms with Gasteiger partial charge >= 0.3 is 5.97 Å². The summed E-state index contributed by atoms with van der Waals surface area (Å²) in [6.07, 6.45) is 0.0998. The van der Waals surface area contributed by atoms with Gasteiger partial charge in [0.15, 0.2) is 0 Å². The van der Waals surface area contributed by atoms with Crippen molar-refractivity contribution < 1.29 is 23.8 Å². The molecule has 0 saturated heterocycles. The molecule has 0 aliphatic rings. The maximum absolute atomic E-state index is 13.0. The van der Waals surface area contributed by atoms with Gasteiger partial charge in [0.1, 0.15) is 17.1 Å². The Bertz CT molecular complexity index is 459. The van der Waals surface area contributed by atoms with E-state index in [-0.39, 0.29) is 30.2 Å². The molecule has 0 heterocycles. The van der Waals surface area contributed by atoms with Gasteiger partial charge in [-0.3, -0.25) is 4.79 Å². The molecule has 0 aliphatic carbocycles. The van der Waals surface area contributed by atoms with Crippen molar-refractivity contribution in [3.05, 3.63) is 29.6 Å². The van der Waals surface area contributed by atoms with Gasteiger partial charge in [-0.05, 0) is 12.1 Å². The number of carbonyl (C=O) groups excluding carboxylic acids is 1. The molecule has 0 bridgehead atoms. The average molecular weight is 255 g/mol. The molecule has 1 aromatic carbocycles. The highest BCUT2D eigenvalue weighted by molar-refractivity contribution is 5.90. The minimum Gasteiger partial charge on any atom is -0.492 e. The van der Waals surface area contributed by atoms with Crippen molar-refractivity contribution in [3.63, 3.8) is 0 Å². The summed E-state index contributed by atoms with van der Waals surface area (Å²) in [4.78, 5) is 23.5. The monoisotopic (exact) mass is 255 g/mol. The van der Waals surface area contributed by atoms with Gasteiger partial charge in [0.05, 0.1) is 13.0 Å². The summed E-state index contributed by atoms with van der Waals surface area (Å²) in [6, 6.07) is 3.16. The molecule has 0 radical (unpaired) electrons. The van der Waals surface area contributed by atoms with Crippen LogP contribution < -0.4 is 4.74 Å². The fourth-order valence-electron chi connectivity index (χ4n) is 1.26. The van der Waals surface area contributed by atoms with E-state index in [1.807, 2.05) is 0 Å². The lowest BCUT2D eigenvalue weighted by Gasteiger charge is -2.12. The second kappa shape index (κ2) is 6.00. The van der Waals surface area contributed by atoms with Crippen LogP contribution in [0, 0.1) is 5.82 Å². The molecule has 0 unspecified atom stereocenters. The summed E-state index contributed by atoms with van der Waals surface area (Å²) in [5.41, 5.74) is -0.131. The number of ether oxygens (including phenoxy) is 1. The minimum atomic E-state index is -1.20. The lowest BCUT2D eigenvalue weighted by Crippen LogP contribution is -2.23. The molecule has 1 rings (SSSR count). The van der Waals surface area contributed by atoms with Crippen LogP contribution in [0.25, 0.3) is 0 Å². The van der Waals surface area contributed by atoms with Gasteiger partial charge in [-0.2, -0.15) is 0 Å². The Kier molecular flexibility index (Phi) is 4.65. The number of nitrogens with zero attached hydrogens (tertiary/aromatic N) is 1. The van der Waals surface area contributed by atoms with Gasteiger partial charge in [-0.1, -0.05) is 0 Å². The van der Waals surface area contributed by atoms with E-state index in [0.29, 0.717) is 0 Å². The molecule has 0 atom stereocenters. The van der Waals surface area contributed by atoms with Crippen molar-refractivity contribution in [1.29, 1.82) is 0 Å². The Morgan fingerprint density at radius 3 is 2.61 bits per heavy atom. The number of carboxylic acids is 1. The molecule has 6 heteroatoms. The fourth-order valence-corrected chi connectivity index (χ4v) is 1.26. The molecule has 0 saturated carbocycles. The van der Waals surface area contributed by atoms with Crippen LogP contribution in [0.4, 0.5) is 4.39 Å². The number of aromatic carboxylic acids is 1. The van der Waals surface area contributed by atoms with Crippen LogP contribution in [0.5, 0.6) is 5.75 Å². The molecule has 0 aliphatic heterocycles. The van der Waals surface area contributed by atoms with E-state index in [0.717, 1.165) is 18.2 Å². The first-order valence-corrected chi connectivity index (χ1v) is 5.27. The minimum absolute atomic E-state index is 0.000741. The van der Waals surface area contributed by atoms with E-state index >= 15 is 0 Å². The van der Waals surface area contributed by atoms with Crippen molar-refractivity contribution in [1.82, 2.24) is 4.90 Å². The summed E-state index contributed by atoms with van der Waals surface area (Å²) in [5.74, 6) is -2.02. The molecule has 0 spiro atoms. The van der Waals surface area contributed by atoms with E-state index in [1.165, 1.54) is 4.90 Å². The third-order valence-corrected chi connectivity index (χ3v) is 2.25. The molecule has 5 nitrogen and oxygen atoms in total. The van der Waals surface area contributed by atoms with Crippen molar-refractivity contribution >= 4 is 11.9 Å². The number of rotatable bonds is 5. The summed E-state index contributed by atoms with van der Waals surface area (Å²) in [5, 5.41) is 8.88. The predicted molar refractivity (Wildman–Crippen MR) is 62.2 cm³/mol. The molecule has 1 amide bonds. The standard InChI is InChI=1S/C12H14FNO4/c1-14(2)11(15)5-6-18-10-7-8(13)3-4-9(10)12(16)17/h3-4,7H,5-6H2,1-2H3,(H,16,17). The number of hydrogen-bond acceptors (Lipinski definition) is 3. The van der Waals surface area contributed by atoms with Crippen LogP contribution in [-0.2, 0) is 4.79 Å². The summed E-state index contributed by atoms with van der Waals surface area (Å²) >= 11 is 0. The van der Waals surface area contributed by atoms with Crippen molar-refractivity contribution in [2.45, 2.75) is 6.42 Å². The zero-order valence-electron chi connectivity index (χ0n) is 10.1. The van der Waals surface area contributed by atoms with E-state index in [9.17, 15) is 14.0 Å². The Hall–Kier alpha value is -2.11. The van der Waals surface area contributed by atoms with E-state index in [2.05, 4.69) is 0 Å². The molecular weight excluding hydrogens is 241 g/mol. The molecule has 18 heavy (non-hydrogen) atoms. The molecule has 98 valence electrons. The third kappa shape index (κ3) is 3.73. The molecular formula is C12H14FNO4. The van der Waals surface area contributed by atoms with Gasteiger partial charge < -0.3 is 14.7 Å². The van der Waals surface area contributed by atoms with Crippen LogP contribution in [0.15, 0.2) is 18.2 Å². The molecule has 1 N–H and O–H groups in total. The van der Waals surface area contributed by atoms with Gasteiger partial charge in [-0.25, -0.2) is 9.18 Å². The second-order valence-corrected chi connectivity index (χ2v) is 3.83. The van der Waals surface area contributed by atoms with Crippen LogP contribution in [-0.4, -0.2) is 42.6 Å². The average Bonchev–Trinajstić information content (AvgIpc) is 2.28. The van der Waals surface area contributed by atoms with E-state index in [1.54, 1.807) is 14.1 Å². The number of benzene rings is 1. The Labute approximate surface area is 104 Å². The fraction of sp³-hybridized carbons (Fsp3) is 0.333. The Morgan fingerprint density at radius 2 is 2.06 bits per heavy atom. The largest absolute Gasteiger partial charge is 0.492 e. The smallest absolute Gasteiger partial charge is 0.339 e. The highest BCUT2D eigenvalue weighted by Gasteiger charge is 2.13. The van der Waals surface area contributed by atoms with Crippen molar-refractivity contribution in [2.75, 3.05) is 20.7 Å². The predicted octanol–water partition coefficient (Wildman–Crippen LogP) is 1.38. The van der Waals surface area contributed by atoms with Crippen molar-refractivity contribution in [3.8, 4) is 5.75 Å². The first-order valence-electron chi connectivity index (χ1n) is 5.27. The van der Waals surface area contributed by atoms with E-state index < -0.39 is 11.8 Å².